The van der Waals surface area contributed by atoms with Gasteiger partial charge >= 0.3 is 0 Å². The van der Waals surface area contributed by atoms with Gasteiger partial charge in [0.2, 0.25) is 0 Å². The van der Waals surface area contributed by atoms with Crippen molar-refractivity contribution >= 4 is 0 Å². The summed E-state index contributed by atoms with van der Waals surface area (Å²) in [4.78, 5) is 0. The molecule has 0 aromatic rings. The minimum absolute atomic E-state index is 0.0330. The highest BCUT2D eigenvalue weighted by molar-refractivity contribution is 5.07. The molecule has 1 heterocycles. The predicted octanol–water partition coefficient (Wildman–Crippen LogP) is 4.98. The van der Waals surface area contributed by atoms with Crippen molar-refractivity contribution in [1.29, 1.82) is 0 Å². The molecule has 0 aliphatic carbocycles. The molecule has 5 heteroatoms. The molecule has 0 spiro atoms. The van der Waals surface area contributed by atoms with E-state index in [4.69, 9.17) is 9.47 Å². The third kappa shape index (κ3) is 12.4. The van der Waals surface area contributed by atoms with Crippen LogP contribution in [0.25, 0.3) is 0 Å². The van der Waals surface area contributed by atoms with Crippen LogP contribution in [0.4, 0.5) is 0 Å². The first-order valence-electron chi connectivity index (χ1n) is 11.6. The van der Waals surface area contributed by atoms with Crippen LogP contribution in [0, 0.1) is 0 Å². The van der Waals surface area contributed by atoms with Crippen molar-refractivity contribution in [2.75, 3.05) is 13.2 Å². The molecule has 0 bridgehead atoms. The van der Waals surface area contributed by atoms with Gasteiger partial charge in [0, 0.05) is 0 Å². The molecular formula is C26H44O5. The molecule has 1 saturated heterocycles. The highest BCUT2D eigenvalue weighted by atomic mass is 16.7. The standard InChI is InChI=1S/C26H44O5/c1-19(2)10-6-11-20(3)12-7-13-21(4)14-8-15-22(5)16-9-17-30-26-25(29)24(28)23(27)18-31-26/h10,12,14,16,23-29H,6-9,11,13,15,17-18H2,1-5H3/t23-,24+,25-,26?/m1/s1. The van der Waals surface area contributed by atoms with Crippen LogP contribution in [-0.4, -0.2) is 53.1 Å². The normalized spacial score (nSPS) is 25.6. The number of rotatable bonds is 13. The SMILES string of the molecule is CC(C)=CCCC(C)=CCCC(C)=CCCC(C)=CCCOC1OC[C@@H](O)[C@H](O)[C@H]1O. The van der Waals surface area contributed by atoms with Crippen molar-refractivity contribution in [3.63, 3.8) is 0 Å². The Morgan fingerprint density at radius 2 is 1.23 bits per heavy atom. The fraction of sp³-hybridized carbons (Fsp3) is 0.692. The number of hydrogen-bond donors (Lipinski definition) is 3. The first kappa shape index (κ1) is 27.8. The second-order valence-electron chi connectivity index (χ2n) is 8.96. The van der Waals surface area contributed by atoms with Gasteiger partial charge < -0.3 is 24.8 Å². The average Bonchev–Trinajstić information content (AvgIpc) is 2.70. The molecular weight excluding hydrogens is 392 g/mol. The van der Waals surface area contributed by atoms with Gasteiger partial charge in [-0.05, 0) is 79.6 Å². The highest BCUT2D eigenvalue weighted by Crippen LogP contribution is 2.17. The van der Waals surface area contributed by atoms with E-state index in [9.17, 15) is 15.3 Å². The van der Waals surface area contributed by atoms with Gasteiger partial charge in [-0.3, -0.25) is 0 Å². The fourth-order valence-electron chi connectivity index (χ4n) is 3.40. The minimum atomic E-state index is -1.23. The molecule has 5 nitrogen and oxygen atoms in total. The molecule has 1 aliphatic heterocycles. The zero-order valence-electron chi connectivity index (χ0n) is 20.1. The quantitative estimate of drug-likeness (QED) is 0.280. The van der Waals surface area contributed by atoms with E-state index in [-0.39, 0.29) is 6.61 Å². The summed E-state index contributed by atoms with van der Waals surface area (Å²) >= 11 is 0. The molecule has 1 fully saturated rings. The van der Waals surface area contributed by atoms with Crippen LogP contribution in [-0.2, 0) is 9.47 Å². The number of allylic oxidation sites excluding steroid dienone is 7. The van der Waals surface area contributed by atoms with E-state index >= 15 is 0 Å². The Morgan fingerprint density at radius 3 is 1.74 bits per heavy atom. The first-order chi connectivity index (χ1) is 14.7. The molecule has 0 saturated carbocycles. The largest absolute Gasteiger partial charge is 0.388 e. The van der Waals surface area contributed by atoms with Gasteiger partial charge in [-0.15, -0.1) is 0 Å². The molecule has 0 amide bonds. The second-order valence-corrected chi connectivity index (χ2v) is 8.96. The summed E-state index contributed by atoms with van der Waals surface area (Å²) in [6.07, 6.45) is 12.0. The molecule has 0 aromatic carbocycles. The molecule has 1 aliphatic rings. The van der Waals surface area contributed by atoms with E-state index in [2.05, 4.69) is 58.9 Å². The molecule has 178 valence electrons. The Labute approximate surface area is 189 Å². The van der Waals surface area contributed by atoms with Crippen LogP contribution in [0.3, 0.4) is 0 Å². The van der Waals surface area contributed by atoms with Gasteiger partial charge in [-0.1, -0.05) is 46.6 Å². The van der Waals surface area contributed by atoms with E-state index in [1.54, 1.807) is 0 Å². The van der Waals surface area contributed by atoms with Gasteiger partial charge in [-0.25, -0.2) is 0 Å². The summed E-state index contributed by atoms with van der Waals surface area (Å²) in [6.45, 7) is 11.2. The van der Waals surface area contributed by atoms with Gasteiger partial charge in [-0.2, -0.15) is 0 Å². The second kappa shape index (κ2) is 15.5. The summed E-state index contributed by atoms with van der Waals surface area (Å²) in [6, 6.07) is 0. The predicted molar refractivity (Wildman–Crippen MR) is 127 cm³/mol. The molecule has 3 N–H and O–H groups in total. The third-order valence-electron chi connectivity index (χ3n) is 5.50. The fourth-order valence-corrected chi connectivity index (χ4v) is 3.40. The maximum Gasteiger partial charge on any atom is 0.186 e. The van der Waals surface area contributed by atoms with Crippen LogP contribution in [0.5, 0.6) is 0 Å². The summed E-state index contributed by atoms with van der Waals surface area (Å²) in [5, 5.41) is 28.9. The smallest absolute Gasteiger partial charge is 0.186 e. The maximum absolute atomic E-state index is 9.85. The van der Waals surface area contributed by atoms with E-state index < -0.39 is 24.6 Å². The number of aliphatic hydroxyl groups excluding tert-OH is 3. The van der Waals surface area contributed by atoms with Crippen molar-refractivity contribution in [3.8, 4) is 0 Å². The van der Waals surface area contributed by atoms with Crippen molar-refractivity contribution in [1.82, 2.24) is 0 Å². The van der Waals surface area contributed by atoms with E-state index in [0.29, 0.717) is 6.61 Å². The number of ether oxygens (including phenoxy) is 2. The molecule has 0 radical (unpaired) electrons. The molecule has 4 atom stereocenters. The van der Waals surface area contributed by atoms with Gasteiger partial charge in [0.05, 0.1) is 13.2 Å². The Kier molecular flexibility index (Phi) is 13.9. The van der Waals surface area contributed by atoms with Crippen LogP contribution < -0.4 is 0 Å². The summed E-state index contributed by atoms with van der Waals surface area (Å²) in [5.74, 6) is 0. The van der Waals surface area contributed by atoms with Gasteiger partial charge in [0.25, 0.3) is 0 Å². The monoisotopic (exact) mass is 436 g/mol. The Bertz CT molecular complexity index is 628. The lowest BCUT2D eigenvalue weighted by Gasteiger charge is -2.34. The van der Waals surface area contributed by atoms with Gasteiger partial charge in [0.15, 0.2) is 6.29 Å². The van der Waals surface area contributed by atoms with Gasteiger partial charge in [0.1, 0.15) is 18.3 Å². The zero-order chi connectivity index (χ0) is 23.2. The van der Waals surface area contributed by atoms with E-state index in [1.165, 1.54) is 22.3 Å². The lowest BCUT2D eigenvalue weighted by atomic mass is 10.0. The summed E-state index contributed by atoms with van der Waals surface area (Å²) < 4.78 is 10.7. The van der Waals surface area contributed by atoms with Crippen LogP contribution in [0.1, 0.15) is 79.6 Å². The third-order valence-corrected chi connectivity index (χ3v) is 5.50. The van der Waals surface area contributed by atoms with E-state index in [0.717, 1.165) is 44.9 Å². The molecule has 1 unspecified atom stereocenters. The topological polar surface area (TPSA) is 79.2 Å². The van der Waals surface area contributed by atoms with Crippen molar-refractivity contribution in [2.24, 2.45) is 0 Å². The number of aliphatic hydroxyl groups is 3. The summed E-state index contributed by atoms with van der Waals surface area (Å²) in [5.41, 5.74) is 5.61. The Balaban J connectivity index is 2.20. The number of hydrogen-bond acceptors (Lipinski definition) is 5. The lowest BCUT2D eigenvalue weighted by molar-refractivity contribution is -0.269. The zero-order valence-corrected chi connectivity index (χ0v) is 20.1. The van der Waals surface area contributed by atoms with Crippen LogP contribution in [0.15, 0.2) is 46.6 Å². The van der Waals surface area contributed by atoms with Crippen molar-refractivity contribution < 1.29 is 24.8 Å². The molecule has 0 aromatic heterocycles. The Hall–Kier alpha value is -1.24. The van der Waals surface area contributed by atoms with Crippen molar-refractivity contribution in [3.05, 3.63) is 46.6 Å². The van der Waals surface area contributed by atoms with Crippen LogP contribution >= 0.6 is 0 Å². The van der Waals surface area contributed by atoms with Crippen molar-refractivity contribution in [2.45, 2.75) is 104 Å². The minimum Gasteiger partial charge on any atom is -0.388 e. The molecule has 1 rings (SSSR count). The molecule has 31 heavy (non-hydrogen) atoms. The average molecular weight is 437 g/mol. The van der Waals surface area contributed by atoms with Crippen LogP contribution in [0.2, 0.25) is 0 Å². The lowest BCUT2D eigenvalue weighted by Crippen LogP contribution is -2.53. The highest BCUT2D eigenvalue weighted by Gasteiger charge is 2.37. The first-order valence-corrected chi connectivity index (χ1v) is 11.6. The Morgan fingerprint density at radius 1 is 0.742 bits per heavy atom. The summed E-state index contributed by atoms with van der Waals surface area (Å²) in [7, 11) is 0. The van der Waals surface area contributed by atoms with E-state index in [1.807, 2.05) is 0 Å². The maximum atomic E-state index is 9.85.